The Bertz CT molecular complexity index is 360. The molecule has 0 saturated carbocycles. The molecule has 0 aliphatic rings. The second kappa shape index (κ2) is 13.5. The molecule has 0 fully saturated rings. The van der Waals surface area contributed by atoms with Crippen LogP contribution in [0.2, 0.25) is 0 Å². The fourth-order valence-corrected chi connectivity index (χ4v) is 2.84. The molecule has 0 unspecified atom stereocenters. The second-order valence-electron chi connectivity index (χ2n) is 6.35. The third kappa shape index (κ3) is 9.75. The zero-order valence-corrected chi connectivity index (χ0v) is 14.4. The van der Waals surface area contributed by atoms with Crippen LogP contribution in [0.3, 0.4) is 0 Å². The van der Waals surface area contributed by atoms with Gasteiger partial charge in [0.05, 0.1) is 0 Å². The number of hydrogen-bond acceptors (Lipinski definition) is 2. The first kappa shape index (κ1) is 18.9. The number of hydrogen-bond donors (Lipinski definition) is 1. The molecule has 1 rings (SSSR count). The summed E-state index contributed by atoms with van der Waals surface area (Å²) < 4.78 is 0. The predicted molar refractivity (Wildman–Crippen MR) is 93.2 cm³/mol. The van der Waals surface area contributed by atoms with Crippen LogP contribution in [0.15, 0.2) is 12.4 Å². The normalized spacial score (nSPS) is 11.0. The summed E-state index contributed by atoms with van der Waals surface area (Å²) in [6, 6.07) is 0. The number of imidazole rings is 1. The lowest BCUT2D eigenvalue weighted by Gasteiger charge is -2.03. The predicted octanol–water partition coefficient (Wildman–Crippen LogP) is 6.07. The Morgan fingerprint density at radius 1 is 0.864 bits per heavy atom. The lowest BCUT2D eigenvalue weighted by molar-refractivity contribution is 0.0970. The number of H-pyrrole nitrogens is 1. The number of rotatable bonds is 15. The van der Waals surface area contributed by atoms with E-state index in [1.54, 1.807) is 12.4 Å². The number of aromatic nitrogens is 2. The molecule has 0 amide bonds. The summed E-state index contributed by atoms with van der Waals surface area (Å²) in [6.45, 7) is 2.27. The Morgan fingerprint density at radius 3 is 1.82 bits per heavy atom. The van der Waals surface area contributed by atoms with Crippen LogP contribution in [0.5, 0.6) is 0 Å². The summed E-state index contributed by atoms with van der Waals surface area (Å²) in [4.78, 5) is 18.6. The summed E-state index contributed by atoms with van der Waals surface area (Å²) in [5, 5.41) is 0. The Morgan fingerprint density at radius 2 is 1.36 bits per heavy atom. The summed E-state index contributed by atoms with van der Waals surface area (Å²) in [5.74, 6) is 0.659. The Balaban J connectivity index is 1.77. The minimum Gasteiger partial charge on any atom is -0.342 e. The third-order valence-electron chi connectivity index (χ3n) is 4.27. The molecule has 0 aliphatic carbocycles. The molecule has 1 aromatic rings. The Hall–Kier alpha value is -1.12. The molecule has 1 aromatic heterocycles. The van der Waals surface area contributed by atoms with Crippen LogP contribution in [0, 0.1) is 0 Å². The van der Waals surface area contributed by atoms with E-state index in [-0.39, 0.29) is 5.78 Å². The first-order valence-electron chi connectivity index (χ1n) is 9.37. The summed E-state index contributed by atoms with van der Waals surface area (Å²) in [5.41, 5.74) is 0. The summed E-state index contributed by atoms with van der Waals surface area (Å²) in [7, 11) is 0. The highest BCUT2D eigenvalue weighted by Crippen LogP contribution is 2.13. The molecular formula is C19H34N2O. The van der Waals surface area contributed by atoms with Crippen molar-refractivity contribution in [3.05, 3.63) is 18.2 Å². The van der Waals surface area contributed by atoms with Crippen molar-refractivity contribution in [1.82, 2.24) is 9.97 Å². The van der Waals surface area contributed by atoms with Crippen LogP contribution in [-0.4, -0.2) is 15.8 Å². The maximum atomic E-state index is 11.7. The van der Waals surface area contributed by atoms with Gasteiger partial charge in [-0.3, -0.25) is 4.79 Å². The maximum absolute atomic E-state index is 11.7. The standard InChI is InChI=1S/C19H34N2O/c1-2-3-4-5-6-7-8-9-10-11-12-13-14-15-18(22)19-20-16-17-21-19/h16-17H,2-15H2,1H3,(H,20,21). The molecule has 3 heteroatoms. The van der Waals surface area contributed by atoms with Crippen molar-refractivity contribution in [1.29, 1.82) is 0 Å². The molecule has 0 saturated heterocycles. The van der Waals surface area contributed by atoms with Crippen molar-refractivity contribution in [3.63, 3.8) is 0 Å². The number of nitrogens with one attached hydrogen (secondary N) is 1. The number of carbonyl (C=O) groups excluding carboxylic acids is 1. The topological polar surface area (TPSA) is 45.8 Å². The molecule has 1 heterocycles. The van der Waals surface area contributed by atoms with Gasteiger partial charge >= 0.3 is 0 Å². The van der Waals surface area contributed by atoms with Gasteiger partial charge in [0.25, 0.3) is 0 Å². The first-order chi connectivity index (χ1) is 10.8. The van der Waals surface area contributed by atoms with Crippen molar-refractivity contribution in [2.45, 2.75) is 96.8 Å². The van der Waals surface area contributed by atoms with Gasteiger partial charge in [0.2, 0.25) is 0 Å². The van der Waals surface area contributed by atoms with Crippen molar-refractivity contribution < 1.29 is 4.79 Å². The lowest BCUT2D eigenvalue weighted by Crippen LogP contribution is -2.01. The van der Waals surface area contributed by atoms with Gasteiger partial charge in [-0.15, -0.1) is 0 Å². The molecule has 22 heavy (non-hydrogen) atoms. The zero-order chi connectivity index (χ0) is 15.9. The van der Waals surface area contributed by atoms with E-state index in [1.807, 2.05) is 0 Å². The quantitative estimate of drug-likeness (QED) is 0.315. The zero-order valence-electron chi connectivity index (χ0n) is 14.4. The number of unbranched alkanes of at least 4 members (excludes halogenated alkanes) is 12. The summed E-state index contributed by atoms with van der Waals surface area (Å²) >= 11 is 0. The van der Waals surface area contributed by atoms with Gasteiger partial charge in [0.15, 0.2) is 11.6 Å². The van der Waals surface area contributed by atoms with Gasteiger partial charge in [-0.2, -0.15) is 0 Å². The first-order valence-corrected chi connectivity index (χ1v) is 9.37. The van der Waals surface area contributed by atoms with Crippen LogP contribution in [-0.2, 0) is 0 Å². The fraction of sp³-hybridized carbons (Fsp3) is 0.789. The minimum atomic E-state index is 0.146. The van der Waals surface area contributed by atoms with Crippen LogP contribution in [0.25, 0.3) is 0 Å². The van der Waals surface area contributed by atoms with Gasteiger partial charge < -0.3 is 4.98 Å². The molecule has 1 N–H and O–H groups in total. The van der Waals surface area contributed by atoms with Crippen LogP contribution in [0.4, 0.5) is 0 Å². The maximum Gasteiger partial charge on any atom is 0.198 e. The molecule has 0 atom stereocenters. The lowest BCUT2D eigenvalue weighted by atomic mass is 10.0. The molecule has 0 spiro atoms. The molecule has 126 valence electrons. The smallest absolute Gasteiger partial charge is 0.198 e. The molecule has 0 aliphatic heterocycles. The largest absolute Gasteiger partial charge is 0.342 e. The number of carbonyl (C=O) groups is 1. The Labute approximate surface area is 136 Å². The van der Waals surface area contributed by atoms with Crippen molar-refractivity contribution >= 4 is 5.78 Å². The van der Waals surface area contributed by atoms with Crippen molar-refractivity contribution in [2.75, 3.05) is 0 Å². The highest BCUT2D eigenvalue weighted by atomic mass is 16.1. The van der Waals surface area contributed by atoms with Crippen molar-refractivity contribution in [2.24, 2.45) is 0 Å². The second-order valence-corrected chi connectivity index (χ2v) is 6.35. The Kier molecular flexibility index (Phi) is 11.6. The molecule has 0 radical (unpaired) electrons. The number of ketones is 1. The molecular weight excluding hydrogens is 272 g/mol. The molecule has 3 nitrogen and oxygen atoms in total. The summed E-state index contributed by atoms with van der Waals surface area (Å²) in [6.07, 6.45) is 21.3. The number of Topliss-reactive ketones (excluding diaryl/α,β-unsaturated/α-hetero) is 1. The van der Waals surface area contributed by atoms with E-state index >= 15 is 0 Å². The van der Waals surface area contributed by atoms with Gasteiger partial charge in [-0.25, -0.2) is 4.98 Å². The van der Waals surface area contributed by atoms with E-state index in [2.05, 4.69) is 16.9 Å². The van der Waals surface area contributed by atoms with Gasteiger partial charge in [0, 0.05) is 18.8 Å². The van der Waals surface area contributed by atoms with E-state index in [1.165, 1.54) is 77.0 Å². The van der Waals surface area contributed by atoms with Crippen LogP contribution < -0.4 is 0 Å². The van der Waals surface area contributed by atoms with E-state index in [0.29, 0.717) is 12.2 Å². The fourth-order valence-electron chi connectivity index (χ4n) is 2.84. The number of nitrogens with zero attached hydrogens (tertiary/aromatic N) is 1. The van der Waals surface area contributed by atoms with Crippen LogP contribution >= 0.6 is 0 Å². The third-order valence-corrected chi connectivity index (χ3v) is 4.27. The molecule has 0 aromatic carbocycles. The monoisotopic (exact) mass is 306 g/mol. The average Bonchev–Trinajstić information content (AvgIpc) is 3.06. The number of aromatic amines is 1. The molecule has 0 bridgehead atoms. The van der Waals surface area contributed by atoms with Gasteiger partial charge in [0.1, 0.15) is 0 Å². The van der Waals surface area contributed by atoms with Crippen molar-refractivity contribution in [3.8, 4) is 0 Å². The van der Waals surface area contributed by atoms with Crippen LogP contribution in [0.1, 0.15) is 107 Å². The average molecular weight is 306 g/mol. The SMILES string of the molecule is CCCCCCCCCCCCCCCC(=O)c1ncc[nH]1. The van der Waals surface area contributed by atoms with E-state index < -0.39 is 0 Å². The van der Waals surface area contributed by atoms with Gasteiger partial charge in [-0.05, 0) is 6.42 Å². The minimum absolute atomic E-state index is 0.146. The van der Waals surface area contributed by atoms with E-state index in [4.69, 9.17) is 0 Å². The highest BCUT2D eigenvalue weighted by Gasteiger charge is 2.06. The highest BCUT2D eigenvalue weighted by molar-refractivity contribution is 5.92. The van der Waals surface area contributed by atoms with E-state index in [9.17, 15) is 4.79 Å². The van der Waals surface area contributed by atoms with Gasteiger partial charge in [-0.1, -0.05) is 84.0 Å². The van der Waals surface area contributed by atoms with E-state index in [0.717, 1.165) is 6.42 Å².